The molecule has 0 bridgehead atoms. The summed E-state index contributed by atoms with van der Waals surface area (Å²) in [5, 5.41) is 10.2. The van der Waals surface area contributed by atoms with Crippen LogP contribution in [0.1, 0.15) is 30.1 Å². The molecule has 2 N–H and O–H groups in total. The number of nitrogens with zero attached hydrogens (tertiary/aromatic N) is 5. The molecule has 1 aliphatic heterocycles. The van der Waals surface area contributed by atoms with Gasteiger partial charge in [-0.15, -0.1) is 24.0 Å². The number of hydrogen-bond donors (Lipinski definition) is 2. The van der Waals surface area contributed by atoms with E-state index >= 15 is 0 Å². The molecule has 0 aliphatic carbocycles. The van der Waals surface area contributed by atoms with Gasteiger partial charge in [0.2, 0.25) is 5.91 Å². The van der Waals surface area contributed by atoms with Crippen molar-refractivity contribution in [2.45, 2.75) is 25.3 Å². The number of carbonyl (C=O) groups is 1. The number of H-pyrrole nitrogens is 1. The Bertz CT molecular complexity index is 787. The van der Waals surface area contributed by atoms with E-state index < -0.39 is 0 Å². The van der Waals surface area contributed by atoms with Gasteiger partial charge in [0.05, 0.1) is 13.1 Å². The average molecular weight is 576 g/mol. The number of amides is 1. The van der Waals surface area contributed by atoms with Gasteiger partial charge in [0.15, 0.2) is 5.96 Å². The molecule has 0 spiro atoms. The summed E-state index contributed by atoms with van der Waals surface area (Å²) < 4.78 is 1.05. The van der Waals surface area contributed by atoms with Crippen molar-refractivity contribution in [3.63, 3.8) is 0 Å². The summed E-state index contributed by atoms with van der Waals surface area (Å²) in [6.45, 7) is 2.50. The van der Waals surface area contributed by atoms with Crippen LogP contribution in [-0.2, 0) is 11.3 Å². The van der Waals surface area contributed by atoms with Crippen molar-refractivity contribution in [1.82, 2.24) is 30.3 Å². The minimum absolute atomic E-state index is 0. The Hall–Kier alpha value is -1.69. The van der Waals surface area contributed by atoms with E-state index in [1.54, 1.807) is 25.3 Å². The van der Waals surface area contributed by atoms with Gasteiger partial charge in [-0.3, -0.25) is 9.89 Å². The van der Waals surface area contributed by atoms with Gasteiger partial charge in [-0.2, -0.15) is 5.10 Å². The number of likely N-dealkylation sites (N-methyl/N-ethyl adjacent to an activating group) is 1. The second kappa shape index (κ2) is 11.5. The lowest BCUT2D eigenvalue weighted by atomic mass is 9.96. The highest BCUT2D eigenvalue weighted by atomic mass is 127. The Labute approximate surface area is 196 Å². The first-order valence-electron chi connectivity index (χ1n) is 9.36. The highest BCUT2D eigenvalue weighted by Crippen LogP contribution is 2.25. The smallest absolute Gasteiger partial charge is 0.241 e. The van der Waals surface area contributed by atoms with Gasteiger partial charge in [0.1, 0.15) is 12.2 Å². The molecule has 1 aromatic carbocycles. The summed E-state index contributed by atoms with van der Waals surface area (Å²) in [7, 11) is 3.51. The molecule has 29 heavy (non-hydrogen) atoms. The van der Waals surface area contributed by atoms with Crippen molar-refractivity contribution in [2.24, 2.45) is 4.99 Å². The van der Waals surface area contributed by atoms with Gasteiger partial charge >= 0.3 is 0 Å². The quantitative estimate of drug-likeness (QED) is 0.325. The van der Waals surface area contributed by atoms with Crippen LogP contribution in [0.15, 0.2) is 40.1 Å². The molecule has 0 atom stereocenters. The van der Waals surface area contributed by atoms with Gasteiger partial charge in [0.25, 0.3) is 0 Å². The van der Waals surface area contributed by atoms with E-state index in [4.69, 9.17) is 4.99 Å². The first kappa shape index (κ1) is 23.6. The number of halogens is 2. The topological polar surface area (TPSA) is 89.5 Å². The molecule has 1 aliphatic rings. The van der Waals surface area contributed by atoms with Crippen molar-refractivity contribution < 1.29 is 4.79 Å². The van der Waals surface area contributed by atoms with Crippen LogP contribution in [0.5, 0.6) is 0 Å². The molecule has 1 fully saturated rings. The number of nitrogens with one attached hydrogen (secondary N) is 2. The molecule has 2 heterocycles. The molecule has 0 saturated carbocycles. The lowest BCUT2D eigenvalue weighted by Gasteiger charge is -2.33. The predicted molar refractivity (Wildman–Crippen MR) is 127 cm³/mol. The van der Waals surface area contributed by atoms with Crippen LogP contribution in [0.4, 0.5) is 0 Å². The maximum absolute atomic E-state index is 12.0. The van der Waals surface area contributed by atoms with E-state index in [-0.39, 0.29) is 36.4 Å². The first-order chi connectivity index (χ1) is 13.5. The molecule has 3 rings (SSSR count). The lowest BCUT2D eigenvalue weighted by Crippen LogP contribution is -2.48. The molecule has 1 saturated heterocycles. The Balaban J connectivity index is 0.00000300. The van der Waals surface area contributed by atoms with Crippen molar-refractivity contribution >= 4 is 51.8 Å². The number of aromatic nitrogens is 3. The summed E-state index contributed by atoms with van der Waals surface area (Å²) in [5.41, 5.74) is 1.12. The lowest BCUT2D eigenvalue weighted by molar-refractivity contribution is -0.127. The van der Waals surface area contributed by atoms with Crippen LogP contribution in [0, 0.1) is 0 Å². The highest BCUT2D eigenvalue weighted by Gasteiger charge is 2.24. The number of piperidine rings is 1. The van der Waals surface area contributed by atoms with Crippen LogP contribution in [0.25, 0.3) is 0 Å². The third kappa shape index (κ3) is 6.95. The molecular weight excluding hydrogens is 549 g/mol. The number of aromatic amines is 1. The monoisotopic (exact) mass is 575 g/mol. The molecule has 10 heteroatoms. The maximum atomic E-state index is 12.0. The molecule has 1 aromatic heterocycles. The third-order valence-electron chi connectivity index (χ3n) is 4.84. The number of hydrogen-bond acceptors (Lipinski definition) is 4. The van der Waals surface area contributed by atoms with Crippen molar-refractivity contribution in [3.8, 4) is 0 Å². The zero-order valence-electron chi connectivity index (χ0n) is 16.6. The summed E-state index contributed by atoms with van der Waals surface area (Å²) in [5.74, 6) is 2.13. The Morgan fingerprint density at radius 2 is 2.00 bits per heavy atom. The minimum atomic E-state index is 0. The van der Waals surface area contributed by atoms with E-state index in [0.29, 0.717) is 12.5 Å². The highest BCUT2D eigenvalue weighted by molar-refractivity contribution is 14.0. The Morgan fingerprint density at radius 3 is 2.59 bits per heavy atom. The van der Waals surface area contributed by atoms with E-state index in [0.717, 1.165) is 47.8 Å². The van der Waals surface area contributed by atoms with Crippen molar-refractivity contribution in [1.29, 1.82) is 0 Å². The van der Waals surface area contributed by atoms with E-state index in [1.165, 1.54) is 0 Å². The molecule has 2 aromatic rings. The average Bonchev–Trinajstić information content (AvgIpc) is 3.24. The SMILES string of the molecule is CN(C)C(=O)CNC(=NCc1ccc(Br)cc1)N1CCC(c2ncn[nH]2)CC1.I. The molecule has 0 radical (unpaired) electrons. The fourth-order valence-corrected chi connectivity index (χ4v) is 3.38. The number of carbonyl (C=O) groups excluding carboxylic acids is 1. The molecule has 1 amide bonds. The van der Waals surface area contributed by atoms with Gasteiger partial charge < -0.3 is 15.1 Å². The molecular formula is C19H27BrIN7O. The number of aliphatic imine (C=N–C) groups is 1. The minimum Gasteiger partial charge on any atom is -0.347 e. The van der Waals surface area contributed by atoms with Crippen LogP contribution < -0.4 is 5.32 Å². The fourth-order valence-electron chi connectivity index (χ4n) is 3.11. The van der Waals surface area contributed by atoms with Crippen LogP contribution in [0.2, 0.25) is 0 Å². The third-order valence-corrected chi connectivity index (χ3v) is 5.36. The number of benzene rings is 1. The standard InChI is InChI=1S/C19H26BrN7O.HI/c1-26(2)17(28)12-22-19(21-11-14-3-5-16(20)6-4-14)27-9-7-15(8-10-27)18-23-13-24-25-18;/h3-6,13,15H,7-12H2,1-2H3,(H,21,22)(H,23,24,25);1H. The maximum Gasteiger partial charge on any atom is 0.241 e. The zero-order valence-corrected chi connectivity index (χ0v) is 20.6. The van der Waals surface area contributed by atoms with Gasteiger partial charge in [0, 0.05) is 37.6 Å². The number of guanidine groups is 1. The van der Waals surface area contributed by atoms with Gasteiger partial charge in [-0.05, 0) is 30.5 Å². The summed E-state index contributed by atoms with van der Waals surface area (Å²) in [6, 6.07) is 8.12. The zero-order chi connectivity index (χ0) is 19.9. The normalized spacial score (nSPS) is 15.0. The van der Waals surface area contributed by atoms with Crippen LogP contribution in [-0.4, -0.2) is 70.6 Å². The van der Waals surface area contributed by atoms with E-state index in [9.17, 15) is 4.79 Å². The fraction of sp³-hybridized carbons (Fsp3) is 0.474. The van der Waals surface area contributed by atoms with Gasteiger partial charge in [-0.25, -0.2) is 9.98 Å². The van der Waals surface area contributed by atoms with Crippen molar-refractivity contribution in [3.05, 3.63) is 46.5 Å². The summed E-state index contributed by atoms with van der Waals surface area (Å²) in [4.78, 5) is 24.9. The van der Waals surface area contributed by atoms with Crippen LogP contribution in [0.3, 0.4) is 0 Å². The number of rotatable bonds is 5. The second-order valence-corrected chi connectivity index (χ2v) is 7.96. The van der Waals surface area contributed by atoms with Crippen LogP contribution >= 0.6 is 39.9 Å². The molecule has 0 unspecified atom stereocenters. The predicted octanol–water partition coefficient (Wildman–Crippen LogP) is 2.60. The van der Waals surface area contributed by atoms with E-state index in [2.05, 4.69) is 41.3 Å². The van der Waals surface area contributed by atoms with E-state index in [1.807, 2.05) is 24.3 Å². The van der Waals surface area contributed by atoms with Gasteiger partial charge in [-0.1, -0.05) is 28.1 Å². The Kier molecular flexibility index (Phi) is 9.34. The summed E-state index contributed by atoms with van der Waals surface area (Å²) in [6.07, 6.45) is 3.49. The molecule has 8 nitrogen and oxygen atoms in total. The number of likely N-dealkylation sites (tertiary alicyclic amines) is 1. The first-order valence-corrected chi connectivity index (χ1v) is 10.2. The second-order valence-electron chi connectivity index (χ2n) is 7.04. The largest absolute Gasteiger partial charge is 0.347 e. The molecule has 158 valence electrons. The van der Waals surface area contributed by atoms with Crippen molar-refractivity contribution in [2.75, 3.05) is 33.7 Å². The summed E-state index contributed by atoms with van der Waals surface area (Å²) >= 11 is 3.45. The Morgan fingerprint density at radius 1 is 1.31 bits per heavy atom.